The lowest BCUT2D eigenvalue weighted by atomic mass is 10.3. The second kappa shape index (κ2) is 6.44. The molecule has 1 aliphatic rings. The Bertz CT molecular complexity index is 806. The molecule has 2 heterocycles. The molecule has 1 aromatic carbocycles. The molecule has 0 saturated carbocycles. The number of aromatic nitrogens is 1. The van der Waals surface area contributed by atoms with Gasteiger partial charge in [-0.25, -0.2) is 0 Å². The molecule has 23 heavy (non-hydrogen) atoms. The average Bonchev–Trinajstić information content (AvgIpc) is 3.09. The van der Waals surface area contributed by atoms with Crippen LogP contribution in [0.2, 0.25) is 0 Å². The molecular weight excluding hydrogens is 328 g/mol. The summed E-state index contributed by atoms with van der Waals surface area (Å²) in [4.78, 5) is 14.5. The van der Waals surface area contributed by atoms with Crippen LogP contribution in [0.3, 0.4) is 0 Å². The predicted molar refractivity (Wildman–Crippen MR) is 97.5 cm³/mol. The average molecular weight is 342 g/mol. The summed E-state index contributed by atoms with van der Waals surface area (Å²) in [5, 5.41) is 9.40. The van der Waals surface area contributed by atoms with Gasteiger partial charge in [-0.1, -0.05) is 30.1 Å². The Morgan fingerprint density at radius 1 is 1.26 bits per heavy atom. The highest BCUT2D eigenvalue weighted by atomic mass is 32.2. The lowest BCUT2D eigenvalue weighted by Gasteiger charge is -2.10. The second-order valence-electron chi connectivity index (χ2n) is 4.90. The van der Waals surface area contributed by atoms with Crippen molar-refractivity contribution in [3.05, 3.63) is 65.8 Å². The number of phenols is 1. The van der Waals surface area contributed by atoms with Crippen LogP contribution in [0.4, 0.5) is 0 Å². The van der Waals surface area contributed by atoms with Crippen molar-refractivity contribution in [3.63, 3.8) is 0 Å². The number of carbonyl (C=O) groups is 1. The summed E-state index contributed by atoms with van der Waals surface area (Å²) in [6.45, 7) is 4.07. The fourth-order valence-electron chi connectivity index (χ4n) is 2.28. The van der Waals surface area contributed by atoms with Crippen LogP contribution in [-0.4, -0.2) is 31.3 Å². The molecule has 0 radical (unpaired) electrons. The van der Waals surface area contributed by atoms with Gasteiger partial charge in [-0.15, -0.1) is 6.58 Å². The van der Waals surface area contributed by atoms with Gasteiger partial charge in [-0.05, 0) is 42.5 Å². The van der Waals surface area contributed by atoms with E-state index in [4.69, 9.17) is 12.2 Å². The van der Waals surface area contributed by atoms with Gasteiger partial charge in [-0.3, -0.25) is 9.69 Å². The van der Waals surface area contributed by atoms with Gasteiger partial charge in [0.05, 0.1) is 4.91 Å². The Morgan fingerprint density at radius 2 is 2.00 bits per heavy atom. The van der Waals surface area contributed by atoms with Crippen molar-refractivity contribution in [2.45, 2.75) is 0 Å². The lowest BCUT2D eigenvalue weighted by Crippen LogP contribution is -2.27. The van der Waals surface area contributed by atoms with E-state index in [0.717, 1.165) is 11.4 Å². The van der Waals surface area contributed by atoms with Crippen molar-refractivity contribution in [2.24, 2.45) is 0 Å². The fourth-order valence-corrected chi connectivity index (χ4v) is 3.54. The fraction of sp³-hybridized carbons (Fsp3) is 0.0588. The number of benzene rings is 1. The third-order valence-corrected chi connectivity index (χ3v) is 4.75. The van der Waals surface area contributed by atoms with Crippen molar-refractivity contribution < 1.29 is 9.90 Å². The van der Waals surface area contributed by atoms with Gasteiger partial charge < -0.3 is 9.67 Å². The van der Waals surface area contributed by atoms with Crippen LogP contribution in [0, 0.1) is 0 Å². The molecule has 1 aromatic heterocycles. The predicted octanol–water partition coefficient (Wildman–Crippen LogP) is 3.57. The Balaban J connectivity index is 1.94. The third-order valence-electron chi connectivity index (χ3n) is 3.37. The zero-order valence-electron chi connectivity index (χ0n) is 12.2. The summed E-state index contributed by atoms with van der Waals surface area (Å²) < 4.78 is 2.49. The van der Waals surface area contributed by atoms with E-state index >= 15 is 0 Å². The van der Waals surface area contributed by atoms with Crippen molar-refractivity contribution >= 4 is 40.3 Å². The SMILES string of the molecule is C=CCN1C(=O)/C(=C/c2cccn2-c2ccc(O)cc2)SC1=S. The van der Waals surface area contributed by atoms with E-state index in [1.807, 2.05) is 41.1 Å². The number of hydrogen-bond donors (Lipinski definition) is 1. The highest BCUT2D eigenvalue weighted by Gasteiger charge is 2.31. The number of carbonyl (C=O) groups excluding carboxylic acids is 1. The van der Waals surface area contributed by atoms with Crippen LogP contribution in [0.15, 0.2) is 60.2 Å². The normalized spacial score (nSPS) is 16.3. The topological polar surface area (TPSA) is 45.5 Å². The zero-order valence-corrected chi connectivity index (χ0v) is 13.8. The van der Waals surface area contributed by atoms with Gasteiger partial charge >= 0.3 is 0 Å². The number of rotatable bonds is 4. The first kappa shape index (κ1) is 15.6. The molecule has 1 fully saturated rings. The van der Waals surface area contributed by atoms with Gasteiger partial charge in [0, 0.05) is 24.1 Å². The van der Waals surface area contributed by atoms with Crippen molar-refractivity contribution in [1.29, 1.82) is 0 Å². The molecule has 1 aliphatic heterocycles. The Hall–Kier alpha value is -2.31. The quantitative estimate of drug-likeness (QED) is 0.524. The highest BCUT2D eigenvalue weighted by molar-refractivity contribution is 8.26. The van der Waals surface area contributed by atoms with Crippen molar-refractivity contribution in [1.82, 2.24) is 9.47 Å². The maximum absolute atomic E-state index is 12.4. The first-order valence-corrected chi connectivity index (χ1v) is 8.15. The molecule has 1 saturated heterocycles. The van der Waals surface area contributed by atoms with Gasteiger partial charge in [0.2, 0.25) is 0 Å². The summed E-state index contributed by atoms with van der Waals surface area (Å²) >= 11 is 6.54. The maximum Gasteiger partial charge on any atom is 0.266 e. The molecule has 1 N–H and O–H groups in total. The summed E-state index contributed by atoms with van der Waals surface area (Å²) in [7, 11) is 0. The lowest BCUT2D eigenvalue weighted by molar-refractivity contribution is -0.121. The summed E-state index contributed by atoms with van der Waals surface area (Å²) in [5.74, 6) is 0.117. The van der Waals surface area contributed by atoms with E-state index in [2.05, 4.69) is 6.58 Å². The molecule has 3 rings (SSSR count). The standard InChI is InChI=1S/C17H14N2O2S2/c1-2-9-19-16(21)15(23-17(19)22)11-13-4-3-10-18(13)12-5-7-14(20)8-6-12/h2-8,10-11,20H,1,9H2/b15-11-. The van der Waals surface area contributed by atoms with Crippen LogP contribution >= 0.6 is 24.0 Å². The van der Waals surface area contributed by atoms with Gasteiger partial charge in [-0.2, -0.15) is 0 Å². The molecule has 0 spiro atoms. The molecular formula is C17H14N2O2S2. The minimum atomic E-state index is -0.0987. The molecule has 6 heteroatoms. The van der Waals surface area contributed by atoms with Crippen molar-refractivity contribution in [3.8, 4) is 11.4 Å². The van der Waals surface area contributed by atoms with E-state index in [1.54, 1.807) is 18.2 Å². The second-order valence-corrected chi connectivity index (χ2v) is 6.58. The summed E-state index contributed by atoms with van der Waals surface area (Å²) in [5.41, 5.74) is 1.77. The maximum atomic E-state index is 12.4. The molecule has 1 amide bonds. The van der Waals surface area contributed by atoms with Gasteiger partial charge in [0.25, 0.3) is 5.91 Å². The number of nitrogens with zero attached hydrogens (tertiary/aromatic N) is 2. The van der Waals surface area contributed by atoms with E-state index in [1.165, 1.54) is 16.7 Å². The number of hydrogen-bond acceptors (Lipinski definition) is 4. The minimum Gasteiger partial charge on any atom is -0.508 e. The monoisotopic (exact) mass is 342 g/mol. The molecule has 4 nitrogen and oxygen atoms in total. The van der Waals surface area contributed by atoms with E-state index in [9.17, 15) is 9.90 Å². The Kier molecular flexibility index (Phi) is 4.36. The number of thiocarbonyl (C=S) groups is 1. The Labute approximate surface area is 143 Å². The van der Waals surface area contributed by atoms with Crippen molar-refractivity contribution in [2.75, 3.05) is 6.54 Å². The van der Waals surface area contributed by atoms with E-state index < -0.39 is 0 Å². The van der Waals surface area contributed by atoms with Crippen LogP contribution in [-0.2, 0) is 4.79 Å². The van der Waals surface area contributed by atoms with Crippen LogP contribution in [0.1, 0.15) is 5.69 Å². The molecule has 0 aliphatic carbocycles. The minimum absolute atomic E-state index is 0.0987. The van der Waals surface area contributed by atoms with E-state index in [-0.39, 0.29) is 11.7 Å². The van der Waals surface area contributed by atoms with Crippen LogP contribution in [0.5, 0.6) is 5.75 Å². The summed E-state index contributed by atoms with van der Waals surface area (Å²) in [6.07, 6.45) is 5.39. The third kappa shape index (κ3) is 3.09. The van der Waals surface area contributed by atoms with Gasteiger partial charge in [0.1, 0.15) is 10.1 Å². The summed E-state index contributed by atoms with van der Waals surface area (Å²) in [6, 6.07) is 10.7. The molecule has 116 valence electrons. The molecule has 0 unspecified atom stereocenters. The van der Waals surface area contributed by atoms with Gasteiger partial charge in [0.15, 0.2) is 0 Å². The Morgan fingerprint density at radius 3 is 2.70 bits per heavy atom. The molecule has 0 bridgehead atoms. The number of thioether (sulfide) groups is 1. The number of amides is 1. The van der Waals surface area contributed by atoms with Crippen LogP contribution < -0.4 is 0 Å². The first-order chi connectivity index (χ1) is 11.1. The first-order valence-electron chi connectivity index (χ1n) is 6.93. The zero-order chi connectivity index (χ0) is 16.4. The van der Waals surface area contributed by atoms with E-state index in [0.29, 0.717) is 15.8 Å². The number of phenolic OH excluding ortho intramolecular Hbond substituents is 1. The largest absolute Gasteiger partial charge is 0.508 e. The molecule has 2 aromatic rings. The highest BCUT2D eigenvalue weighted by Crippen LogP contribution is 2.32. The molecule has 0 atom stereocenters. The smallest absolute Gasteiger partial charge is 0.266 e. The van der Waals surface area contributed by atoms with Crippen LogP contribution in [0.25, 0.3) is 11.8 Å². The number of aromatic hydroxyl groups is 1.